The molecule has 3 rings (SSSR count). The van der Waals surface area contributed by atoms with E-state index in [1.165, 1.54) is 6.42 Å². The summed E-state index contributed by atoms with van der Waals surface area (Å²) in [5, 5.41) is 3.42. The summed E-state index contributed by atoms with van der Waals surface area (Å²) < 4.78 is 8.43. The predicted molar refractivity (Wildman–Crippen MR) is 71.4 cm³/mol. The second kappa shape index (κ2) is 5.34. The van der Waals surface area contributed by atoms with Crippen molar-refractivity contribution < 1.29 is 4.74 Å². The molecule has 1 fully saturated rings. The first kappa shape index (κ1) is 12.1. The topological polar surface area (TPSA) is 51.5 Å². The van der Waals surface area contributed by atoms with E-state index in [0.29, 0.717) is 6.10 Å². The Balaban J connectivity index is 1.65. The van der Waals surface area contributed by atoms with Crippen LogP contribution in [-0.4, -0.2) is 33.6 Å². The van der Waals surface area contributed by atoms with Crippen molar-refractivity contribution in [3.05, 3.63) is 28.9 Å². The fraction of sp³-hybridized carbons (Fsp3) is 0.500. The van der Waals surface area contributed by atoms with Crippen molar-refractivity contribution >= 4 is 21.6 Å². The van der Waals surface area contributed by atoms with Gasteiger partial charge in [-0.2, -0.15) is 0 Å². The minimum Gasteiger partial charge on any atom is -0.377 e. The third-order valence-electron chi connectivity index (χ3n) is 3.14. The lowest BCUT2D eigenvalue weighted by Gasteiger charge is -2.10. The first-order chi connectivity index (χ1) is 8.83. The second-order valence-corrected chi connectivity index (χ2v) is 5.27. The Hall–Kier alpha value is -0.980. The minimum absolute atomic E-state index is 0.373. The van der Waals surface area contributed by atoms with Crippen LogP contribution < -0.4 is 5.32 Å². The first-order valence-corrected chi connectivity index (χ1v) is 6.92. The van der Waals surface area contributed by atoms with Gasteiger partial charge in [-0.3, -0.25) is 4.40 Å². The summed E-state index contributed by atoms with van der Waals surface area (Å²) in [5.74, 6) is 0. The van der Waals surface area contributed by atoms with Gasteiger partial charge in [0.25, 0.3) is 0 Å². The van der Waals surface area contributed by atoms with E-state index in [0.717, 1.165) is 42.1 Å². The van der Waals surface area contributed by atoms with E-state index in [1.54, 1.807) is 6.20 Å². The van der Waals surface area contributed by atoms with Crippen molar-refractivity contribution in [1.29, 1.82) is 0 Å². The van der Waals surface area contributed by atoms with Crippen LogP contribution in [-0.2, 0) is 11.3 Å². The molecule has 5 nitrogen and oxygen atoms in total. The van der Waals surface area contributed by atoms with Gasteiger partial charge in [-0.05, 0) is 28.8 Å². The number of nitrogens with zero attached hydrogens (tertiary/aromatic N) is 3. The molecule has 3 heterocycles. The molecule has 1 unspecified atom stereocenters. The first-order valence-electron chi connectivity index (χ1n) is 6.13. The number of ether oxygens (including phenoxy) is 1. The maximum Gasteiger partial charge on any atom is 0.155 e. The van der Waals surface area contributed by atoms with Gasteiger partial charge in [-0.1, -0.05) is 0 Å². The summed E-state index contributed by atoms with van der Waals surface area (Å²) in [5.41, 5.74) is 2.00. The van der Waals surface area contributed by atoms with Gasteiger partial charge >= 0.3 is 0 Å². The van der Waals surface area contributed by atoms with E-state index in [4.69, 9.17) is 4.74 Å². The molecule has 0 radical (unpaired) electrons. The molecule has 0 saturated carbocycles. The molecule has 2 aromatic rings. The monoisotopic (exact) mass is 310 g/mol. The molecular weight excluding hydrogens is 296 g/mol. The molecule has 0 bridgehead atoms. The van der Waals surface area contributed by atoms with Gasteiger partial charge in [-0.25, -0.2) is 9.97 Å². The highest BCUT2D eigenvalue weighted by atomic mass is 79.9. The normalized spacial score (nSPS) is 19.7. The van der Waals surface area contributed by atoms with Gasteiger partial charge in [0.1, 0.15) is 4.60 Å². The van der Waals surface area contributed by atoms with Gasteiger partial charge in [-0.15, -0.1) is 0 Å². The highest BCUT2D eigenvalue weighted by Crippen LogP contribution is 2.12. The summed E-state index contributed by atoms with van der Waals surface area (Å²) >= 11 is 3.37. The third kappa shape index (κ3) is 2.55. The molecular formula is C12H15BrN4O. The highest BCUT2D eigenvalue weighted by molar-refractivity contribution is 9.10. The summed E-state index contributed by atoms with van der Waals surface area (Å²) in [4.78, 5) is 8.48. The molecule has 96 valence electrons. The fourth-order valence-electron chi connectivity index (χ4n) is 2.21. The molecule has 1 atom stereocenters. The van der Waals surface area contributed by atoms with Gasteiger partial charge in [0.05, 0.1) is 24.2 Å². The van der Waals surface area contributed by atoms with Crippen molar-refractivity contribution in [2.75, 3.05) is 13.2 Å². The SMILES string of the molecule is Brc1cn2c(CNCC3CCCO3)cnc2cn1. The van der Waals surface area contributed by atoms with Crippen LogP contribution in [0.4, 0.5) is 0 Å². The minimum atomic E-state index is 0.373. The summed E-state index contributed by atoms with van der Waals surface area (Å²) in [6.45, 7) is 2.59. The smallest absolute Gasteiger partial charge is 0.155 e. The Morgan fingerprint density at radius 3 is 3.22 bits per heavy atom. The lowest BCUT2D eigenvalue weighted by Crippen LogP contribution is -2.26. The number of hydrogen-bond donors (Lipinski definition) is 1. The molecule has 2 aromatic heterocycles. The van der Waals surface area contributed by atoms with Gasteiger partial charge in [0, 0.05) is 25.9 Å². The van der Waals surface area contributed by atoms with Crippen LogP contribution in [0.3, 0.4) is 0 Å². The quantitative estimate of drug-likeness (QED) is 0.935. The second-order valence-electron chi connectivity index (χ2n) is 4.45. The van der Waals surface area contributed by atoms with E-state index in [9.17, 15) is 0 Å². The molecule has 6 heteroatoms. The number of halogens is 1. The Morgan fingerprint density at radius 1 is 1.44 bits per heavy atom. The Bertz CT molecular complexity index is 536. The van der Waals surface area contributed by atoms with Gasteiger partial charge in [0.2, 0.25) is 0 Å². The molecule has 1 saturated heterocycles. The van der Waals surface area contributed by atoms with E-state index < -0.39 is 0 Å². The van der Waals surface area contributed by atoms with Crippen molar-refractivity contribution in [2.24, 2.45) is 0 Å². The summed E-state index contributed by atoms with van der Waals surface area (Å²) in [6, 6.07) is 0. The molecule has 0 spiro atoms. The van der Waals surface area contributed by atoms with Crippen LogP contribution in [0.5, 0.6) is 0 Å². The standard InChI is InChI=1S/C12H15BrN4O/c13-11-8-17-9(5-16-12(17)7-15-11)4-14-6-10-2-1-3-18-10/h5,7-8,10,14H,1-4,6H2. The molecule has 0 amide bonds. The van der Waals surface area contributed by atoms with Crippen LogP contribution in [0.2, 0.25) is 0 Å². The maximum atomic E-state index is 5.58. The number of imidazole rings is 1. The van der Waals surface area contributed by atoms with Crippen LogP contribution in [0.25, 0.3) is 5.65 Å². The van der Waals surface area contributed by atoms with Crippen LogP contribution in [0, 0.1) is 0 Å². The number of fused-ring (bicyclic) bond motifs is 1. The summed E-state index contributed by atoms with van der Waals surface area (Å²) in [7, 11) is 0. The van der Waals surface area contributed by atoms with Gasteiger partial charge in [0.15, 0.2) is 5.65 Å². The predicted octanol–water partition coefficient (Wildman–Crippen LogP) is 1.76. The van der Waals surface area contributed by atoms with Crippen molar-refractivity contribution in [3.63, 3.8) is 0 Å². The highest BCUT2D eigenvalue weighted by Gasteiger charge is 2.14. The van der Waals surface area contributed by atoms with Crippen LogP contribution in [0.1, 0.15) is 18.5 Å². The zero-order valence-corrected chi connectivity index (χ0v) is 11.6. The van der Waals surface area contributed by atoms with Crippen molar-refractivity contribution in [1.82, 2.24) is 19.7 Å². The summed E-state index contributed by atoms with van der Waals surface area (Å²) in [6.07, 6.45) is 8.29. The van der Waals surface area contributed by atoms with E-state index >= 15 is 0 Å². The van der Waals surface area contributed by atoms with Crippen LogP contribution in [0.15, 0.2) is 23.2 Å². The van der Waals surface area contributed by atoms with E-state index in [2.05, 4.69) is 31.2 Å². The number of hydrogen-bond acceptors (Lipinski definition) is 4. The largest absolute Gasteiger partial charge is 0.377 e. The molecule has 0 aliphatic carbocycles. The molecule has 1 N–H and O–H groups in total. The van der Waals surface area contributed by atoms with Crippen molar-refractivity contribution in [3.8, 4) is 0 Å². The lowest BCUT2D eigenvalue weighted by atomic mass is 10.2. The van der Waals surface area contributed by atoms with E-state index in [1.807, 2.05) is 16.8 Å². The Morgan fingerprint density at radius 2 is 2.39 bits per heavy atom. The molecule has 0 aromatic carbocycles. The van der Waals surface area contributed by atoms with E-state index in [-0.39, 0.29) is 0 Å². The van der Waals surface area contributed by atoms with Crippen LogP contribution >= 0.6 is 15.9 Å². The molecule has 1 aliphatic rings. The third-order valence-corrected chi connectivity index (χ3v) is 3.55. The lowest BCUT2D eigenvalue weighted by molar-refractivity contribution is 0.110. The number of nitrogens with one attached hydrogen (secondary N) is 1. The average molecular weight is 311 g/mol. The van der Waals surface area contributed by atoms with Crippen molar-refractivity contribution in [2.45, 2.75) is 25.5 Å². The molecule has 1 aliphatic heterocycles. The zero-order valence-electron chi connectivity index (χ0n) is 9.97. The number of aromatic nitrogens is 3. The maximum absolute atomic E-state index is 5.58. The zero-order chi connectivity index (χ0) is 12.4. The number of rotatable bonds is 4. The molecule has 18 heavy (non-hydrogen) atoms. The fourth-order valence-corrected chi connectivity index (χ4v) is 2.52. The van der Waals surface area contributed by atoms with Gasteiger partial charge < -0.3 is 10.1 Å². The Labute approximate surface area is 114 Å². The Kier molecular flexibility index (Phi) is 3.58. The average Bonchev–Trinajstić information content (AvgIpc) is 2.99.